The molecule has 0 heterocycles. The predicted molar refractivity (Wildman–Crippen MR) is 72.2 cm³/mol. The molecule has 4 nitrogen and oxygen atoms in total. The van der Waals surface area contributed by atoms with Crippen LogP contribution >= 0.6 is 15.9 Å². The van der Waals surface area contributed by atoms with Gasteiger partial charge in [0.05, 0.1) is 12.8 Å². The molecule has 1 unspecified atom stereocenters. The highest BCUT2D eigenvalue weighted by Gasteiger charge is 2.14. The summed E-state index contributed by atoms with van der Waals surface area (Å²) in [6.07, 6.45) is 0.669. The van der Waals surface area contributed by atoms with E-state index in [-0.39, 0.29) is 11.8 Å². The van der Waals surface area contributed by atoms with Crippen molar-refractivity contribution in [1.29, 1.82) is 0 Å². The summed E-state index contributed by atoms with van der Waals surface area (Å²) in [6.45, 7) is 2.36. The van der Waals surface area contributed by atoms with E-state index in [9.17, 15) is 4.79 Å². The van der Waals surface area contributed by atoms with Gasteiger partial charge >= 0.3 is 0 Å². The van der Waals surface area contributed by atoms with Crippen LogP contribution in [-0.2, 0) is 4.79 Å². The van der Waals surface area contributed by atoms with Gasteiger partial charge in [0, 0.05) is 10.4 Å². The molecule has 0 aromatic heterocycles. The normalized spacial score (nSPS) is 12.0. The van der Waals surface area contributed by atoms with Crippen molar-refractivity contribution in [3.05, 3.63) is 22.7 Å². The van der Waals surface area contributed by atoms with Gasteiger partial charge in [0.1, 0.15) is 5.75 Å². The standard InChI is InChI=1S/C12H17BrN2O2/c1-8(5-6-14)12(16)15-10-7-9(13)3-4-11(10)17-2/h3-4,7-8H,5-6,14H2,1-2H3,(H,15,16). The maximum Gasteiger partial charge on any atom is 0.227 e. The van der Waals surface area contributed by atoms with Crippen molar-refractivity contribution in [3.63, 3.8) is 0 Å². The van der Waals surface area contributed by atoms with E-state index in [0.717, 1.165) is 4.47 Å². The number of methoxy groups -OCH3 is 1. The maximum absolute atomic E-state index is 11.8. The highest BCUT2D eigenvalue weighted by Crippen LogP contribution is 2.28. The minimum atomic E-state index is -0.108. The molecule has 1 aromatic rings. The second-order valence-corrected chi connectivity index (χ2v) is 4.73. The summed E-state index contributed by atoms with van der Waals surface area (Å²) in [5.74, 6) is 0.483. The van der Waals surface area contributed by atoms with Crippen LogP contribution in [0.4, 0.5) is 5.69 Å². The average molecular weight is 301 g/mol. The van der Waals surface area contributed by atoms with E-state index in [1.165, 1.54) is 0 Å². The number of benzene rings is 1. The Balaban J connectivity index is 2.79. The lowest BCUT2D eigenvalue weighted by atomic mass is 10.1. The molecule has 5 heteroatoms. The summed E-state index contributed by atoms with van der Waals surface area (Å²) >= 11 is 3.36. The third-order valence-corrected chi connectivity index (χ3v) is 2.96. The highest BCUT2D eigenvalue weighted by molar-refractivity contribution is 9.10. The summed E-state index contributed by atoms with van der Waals surface area (Å²) in [5.41, 5.74) is 6.09. The number of carbonyl (C=O) groups is 1. The molecule has 0 aliphatic rings. The minimum absolute atomic E-state index is 0.0492. The van der Waals surface area contributed by atoms with Crippen LogP contribution in [-0.4, -0.2) is 19.6 Å². The van der Waals surface area contributed by atoms with E-state index in [4.69, 9.17) is 10.5 Å². The minimum Gasteiger partial charge on any atom is -0.495 e. The molecule has 1 rings (SSSR count). The van der Waals surface area contributed by atoms with Crippen LogP contribution in [0.2, 0.25) is 0 Å². The van der Waals surface area contributed by atoms with E-state index < -0.39 is 0 Å². The second kappa shape index (κ2) is 6.61. The van der Waals surface area contributed by atoms with E-state index in [1.54, 1.807) is 13.2 Å². The van der Waals surface area contributed by atoms with E-state index in [2.05, 4.69) is 21.2 Å². The molecule has 0 saturated carbocycles. The molecular formula is C12H17BrN2O2. The quantitative estimate of drug-likeness (QED) is 0.877. The van der Waals surface area contributed by atoms with Gasteiger partial charge in [-0.2, -0.15) is 0 Å². The Morgan fingerprint density at radius 2 is 2.29 bits per heavy atom. The first kappa shape index (κ1) is 14.0. The molecule has 0 bridgehead atoms. The van der Waals surface area contributed by atoms with E-state index in [1.807, 2.05) is 19.1 Å². The van der Waals surface area contributed by atoms with E-state index >= 15 is 0 Å². The van der Waals surface area contributed by atoms with Crippen molar-refractivity contribution in [3.8, 4) is 5.75 Å². The molecule has 1 amide bonds. The zero-order valence-corrected chi connectivity index (χ0v) is 11.6. The van der Waals surface area contributed by atoms with Gasteiger partial charge < -0.3 is 15.8 Å². The van der Waals surface area contributed by atoms with Gasteiger partial charge in [0.15, 0.2) is 0 Å². The Labute approximate surface area is 110 Å². The fourth-order valence-electron chi connectivity index (χ4n) is 1.41. The Bertz CT molecular complexity index is 396. The molecule has 0 aliphatic heterocycles. The molecule has 3 N–H and O–H groups in total. The third kappa shape index (κ3) is 4.02. The summed E-state index contributed by atoms with van der Waals surface area (Å²) in [6, 6.07) is 5.47. The third-order valence-electron chi connectivity index (χ3n) is 2.47. The monoisotopic (exact) mass is 300 g/mol. The van der Waals surface area contributed by atoms with Crippen LogP contribution in [0.3, 0.4) is 0 Å². The number of nitrogens with one attached hydrogen (secondary N) is 1. The summed E-state index contributed by atoms with van der Waals surface area (Å²) < 4.78 is 6.07. The molecule has 0 radical (unpaired) electrons. The number of hydrogen-bond donors (Lipinski definition) is 2. The van der Waals surface area contributed by atoms with Crippen molar-refractivity contribution in [2.24, 2.45) is 11.7 Å². The zero-order valence-electron chi connectivity index (χ0n) is 10.00. The van der Waals surface area contributed by atoms with Gasteiger partial charge in [0.2, 0.25) is 5.91 Å². The van der Waals surface area contributed by atoms with Gasteiger partial charge in [-0.15, -0.1) is 0 Å². The topological polar surface area (TPSA) is 64.3 Å². The summed E-state index contributed by atoms with van der Waals surface area (Å²) in [4.78, 5) is 11.8. The fraction of sp³-hybridized carbons (Fsp3) is 0.417. The number of carbonyl (C=O) groups excluding carboxylic acids is 1. The van der Waals surface area contributed by atoms with Gasteiger partial charge in [0.25, 0.3) is 0 Å². The Morgan fingerprint density at radius 3 is 2.88 bits per heavy atom. The first-order valence-corrected chi connectivity index (χ1v) is 6.22. The van der Waals surface area contributed by atoms with Crippen molar-refractivity contribution >= 4 is 27.5 Å². The van der Waals surface area contributed by atoms with Crippen LogP contribution in [0.5, 0.6) is 5.75 Å². The van der Waals surface area contributed by atoms with Crippen LogP contribution in [0.1, 0.15) is 13.3 Å². The van der Waals surface area contributed by atoms with E-state index in [0.29, 0.717) is 24.4 Å². The van der Waals surface area contributed by atoms with Crippen molar-refractivity contribution in [1.82, 2.24) is 0 Å². The molecule has 0 fully saturated rings. The lowest BCUT2D eigenvalue weighted by molar-refractivity contribution is -0.119. The second-order valence-electron chi connectivity index (χ2n) is 3.81. The smallest absolute Gasteiger partial charge is 0.227 e. The summed E-state index contributed by atoms with van der Waals surface area (Å²) in [7, 11) is 1.57. The lowest BCUT2D eigenvalue weighted by Crippen LogP contribution is -2.23. The molecule has 17 heavy (non-hydrogen) atoms. The van der Waals surface area contributed by atoms with Crippen molar-refractivity contribution < 1.29 is 9.53 Å². The number of rotatable bonds is 5. The van der Waals surface area contributed by atoms with Gasteiger partial charge in [-0.1, -0.05) is 22.9 Å². The highest BCUT2D eigenvalue weighted by atomic mass is 79.9. The molecule has 1 atom stereocenters. The largest absolute Gasteiger partial charge is 0.495 e. The number of amides is 1. The van der Waals surface area contributed by atoms with Crippen molar-refractivity contribution in [2.75, 3.05) is 19.0 Å². The predicted octanol–water partition coefficient (Wildman–Crippen LogP) is 2.38. The first-order valence-electron chi connectivity index (χ1n) is 5.43. The van der Waals surface area contributed by atoms with Crippen molar-refractivity contribution in [2.45, 2.75) is 13.3 Å². The molecule has 1 aromatic carbocycles. The fourth-order valence-corrected chi connectivity index (χ4v) is 1.78. The number of ether oxygens (including phenoxy) is 1. The number of nitrogens with two attached hydrogens (primary N) is 1. The van der Waals surface area contributed by atoms with Crippen LogP contribution in [0, 0.1) is 5.92 Å². The zero-order chi connectivity index (χ0) is 12.8. The average Bonchev–Trinajstić information content (AvgIpc) is 2.29. The molecule has 0 spiro atoms. The lowest BCUT2D eigenvalue weighted by Gasteiger charge is -2.14. The Morgan fingerprint density at radius 1 is 1.59 bits per heavy atom. The molecular weight excluding hydrogens is 284 g/mol. The molecule has 0 aliphatic carbocycles. The Kier molecular flexibility index (Phi) is 5.44. The Hall–Kier alpha value is -1.07. The molecule has 0 saturated heterocycles. The number of hydrogen-bond acceptors (Lipinski definition) is 3. The van der Waals surface area contributed by atoms with Crippen LogP contribution in [0.25, 0.3) is 0 Å². The molecule has 94 valence electrons. The van der Waals surface area contributed by atoms with Crippen LogP contribution in [0.15, 0.2) is 22.7 Å². The van der Waals surface area contributed by atoms with Gasteiger partial charge in [-0.05, 0) is 31.2 Å². The van der Waals surface area contributed by atoms with Gasteiger partial charge in [-0.25, -0.2) is 0 Å². The maximum atomic E-state index is 11.8. The van der Waals surface area contributed by atoms with Crippen LogP contribution < -0.4 is 15.8 Å². The summed E-state index contributed by atoms with van der Waals surface area (Å²) in [5, 5.41) is 2.84. The number of halogens is 1. The first-order chi connectivity index (χ1) is 8.08. The SMILES string of the molecule is COc1ccc(Br)cc1NC(=O)C(C)CCN. The van der Waals surface area contributed by atoms with Gasteiger partial charge in [-0.3, -0.25) is 4.79 Å². The number of anilines is 1.